The second-order valence-corrected chi connectivity index (χ2v) is 7.48. The highest BCUT2D eigenvalue weighted by molar-refractivity contribution is 7.15. The summed E-state index contributed by atoms with van der Waals surface area (Å²) in [6, 6.07) is 19.8. The van der Waals surface area contributed by atoms with Gasteiger partial charge in [0.25, 0.3) is 5.91 Å². The molecule has 3 aromatic rings. The van der Waals surface area contributed by atoms with Crippen molar-refractivity contribution in [1.29, 1.82) is 0 Å². The zero-order valence-electron chi connectivity index (χ0n) is 15.1. The molecule has 2 N–H and O–H groups in total. The first kappa shape index (κ1) is 18.3. The number of rotatable bonds is 6. The molecule has 0 spiro atoms. The molecule has 1 amide bonds. The Kier molecular flexibility index (Phi) is 5.81. The van der Waals surface area contributed by atoms with Gasteiger partial charge in [-0.15, -0.1) is 11.3 Å². The Labute approximate surface area is 158 Å². The fourth-order valence-corrected chi connectivity index (χ4v) is 3.74. The Balaban J connectivity index is 1.97. The Morgan fingerprint density at radius 3 is 2.35 bits per heavy atom. The van der Waals surface area contributed by atoms with E-state index in [0.29, 0.717) is 18.8 Å². The molecule has 4 nitrogen and oxygen atoms in total. The van der Waals surface area contributed by atoms with Crippen molar-refractivity contribution in [3.05, 3.63) is 76.9 Å². The van der Waals surface area contributed by atoms with E-state index < -0.39 is 0 Å². The lowest BCUT2D eigenvalue weighted by Crippen LogP contribution is -2.42. The molecule has 0 unspecified atom stereocenters. The second-order valence-electron chi connectivity index (χ2n) is 6.28. The van der Waals surface area contributed by atoms with Crippen molar-refractivity contribution in [3.8, 4) is 10.4 Å². The minimum atomic E-state index is -0.0756. The van der Waals surface area contributed by atoms with E-state index in [2.05, 4.69) is 4.98 Å². The van der Waals surface area contributed by atoms with Gasteiger partial charge in [-0.1, -0.05) is 60.7 Å². The number of carbonyl (C=O) groups is 1. The van der Waals surface area contributed by atoms with Gasteiger partial charge in [0.15, 0.2) is 0 Å². The molecule has 134 valence electrons. The van der Waals surface area contributed by atoms with Crippen LogP contribution in [0, 0.1) is 6.92 Å². The molecule has 0 fully saturated rings. The van der Waals surface area contributed by atoms with Crippen LogP contribution in [0.4, 0.5) is 0 Å². The normalized spacial score (nSPS) is 12.0. The monoisotopic (exact) mass is 365 g/mol. The zero-order chi connectivity index (χ0) is 18.5. The van der Waals surface area contributed by atoms with E-state index in [9.17, 15) is 4.79 Å². The SMILES string of the molecule is Cc1nc(C(=O)N(Cc2ccccc2)[C@@H](C)CN)c(-c2ccccc2)s1. The number of aryl methyl sites for hydroxylation is 1. The van der Waals surface area contributed by atoms with Crippen LogP contribution in [-0.4, -0.2) is 28.4 Å². The number of hydrogen-bond donors (Lipinski definition) is 1. The Morgan fingerprint density at radius 1 is 1.12 bits per heavy atom. The van der Waals surface area contributed by atoms with Gasteiger partial charge in [0, 0.05) is 19.1 Å². The van der Waals surface area contributed by atoms with Gasteiger partial charge in [-0.25, -0.2) is 4.98 Å². The van der Waals surface area contributed by atoms with Gasteiger partial charge in [-0.3, -0.25) is 4.79 Å². The van der Waals surface area contributed by atoms with Gasteiger partial charge in [-0.2, -0.15) is 0 Å². The highest BCUT2D eigenvalue weighted by Crippen LogP contribution is 2.31. The summed E-state index contributed by atoms with van der Waals surface area (Å²) in [6.07, 6.45) is 0. The van der Waals surface area contributed by atoms with E-state index in [1.807, 2.05) is 79.4 Å². The summed E-state index contributed by atoms with van der Waals surface area (Å²) in [5.41, 5.74) is 8.49. The summed E-state index contributed by atoms with van der Waals surface area (Å²) in [6.45, 7) is 4.83. The maximum absolute atomic E-state index is 13.4. The van der Waals surface area contributed by atoms with Gasteiger partial charge >= 0.3 is 0 Å². The minimum absolute atomic E-state index is 0.0741. The maximum Gasteiger partial charge on any atom is 0.274 e. The van der Waals surface area contributed by atoms with Crippen LogP contribution in [0.1, 0.15) is 28.0 Å². The van der Waals surface area contributed by atoms with E-state index >= 15 is 0 Å². The van der Waals surface area contributed by atoms with Gasteiger partial charge in [0.2, 0.25) is 0 Å². The molecule has 3 rings (SSSR count). The number of benzene rings is 2. The average molecular weight is 366 g/mol. The van der Waals surface area contributed by atoms with Crippen molar-refractivity contribution in [2.75, 3.05) is 6.54 Å². The molecule has 5 heteroatoms. The molecule has 0 saturated heterocycles. The largest absolute Gasteiger partial charge is 0.329 e. The van der Waals surface area contributed by atoms with E-state index in [1.165, 1.54) is 0 Å². The van der Waals surface area contributed by atoms with E-state index in [1.54, 1.807) is 11.3 Å². The highest BCUT2D eigenvalue weighted by Gasteiger charge is 2.26. The van der Waals surface area contributed by atoms with E-state index in [-0.39, 0.29) is 11.9 Å². The first-order valence-electron chi connectivity index (χ1n) is 8.68. The number of thiazole rings is 1. The molecular weight excluding hydrogens is 342 g/mol. The van der Waals surface area contributed by atoms with Gasteiger partial charge < -0.3 is 10.6 Å². The fraction of sp³-hybridized carbons (Fsp3) is 0.238. The molecule has 2 aromatic carbocycles. The van der Waals surface area contributed by atoms with Crippen LogP contribution in [-0.2, 0) is 6.54 Å². The molecular formula is C21H23N3OS. The van der Waals surface area contributed by atoms with Crippen LogP contribution < -0.4 is 5.73 Å². The Hall–Kier alpha value is -2.50. The van der Waals surface area contributed by atoms with Gasteiger partial charge in [0.1, 0.15) is 5.69 Å². The zero-order valence-corrected chi connectivity index (χ0v) is 15.9. The molecule has 0 aliphatic rings. The minimum Gasteiger partial charge on any atom is -0.329 e. The second kappa shape index (κ2) is 8.25. The van der Waals surface area contributed by atoms with Crippen molar-refractivity contribution < 1.29 is 4.79 Å². The third kappa shape index (κ3) is 4.00. The van der Waals surface area contributed by atoms with Crippen LogP contribution in [0.15, 0.2) is 60.7 Å². The van der Waals surface area contributed by atoms with Crippen LogP contribution >= 0.6 is 11.3 Å². The molecule has 0 radical (unpaired) electrons. The molecule has 0 saturated carbocycles. The standard InChI is InChI=1S/C21H23N3OS/c1-15(13-22)24(14-17-9-5-3-6-10-17)21(25)19-20(26-16(2)23-19)18-11-7-4-8-12-18/h3-12,15H,13-14,22H2,1-2H3/t15-/m0/s1. The number of nitrogens with zero attached hydrogens (tertiary/aromatic N) is 2. The summed E-state index contributed by atoms with van der Waals surface area (Å²) in [5.74, 6) is -0.0741. The first-order chi connectivity index (χ1) is 12.6. The lowest BCUT2D eigenvalue weighted by atomic mass is 10.1. The molecule has 26 heavy (non-hydrogen) atoms. The summed E-state index contributed by atoms with van der Waals surface area (Å²) >= 11 is 1.55. The molecule has 0 aliphatic heterocycles. The Bertz CT molecular complexity index is 861. The highest BCUT2D eigenvalue weighted by atomic mass is 32.1. The summed E-state index contributed by atoms with van der Waals surface area (Å²) < 4.78 is 0. The van der Waals surface area contributed by atoms with Crippen molar-refractivity contribution in [2.45, 2.75) is 26.4 Å². The van der Waals surface area contributed by atoms with Crippen molar-refractivity contribution in [1.82, 2.24) is 9.88 Å². The molecule has 0 aliphatic carbocycles. The average Bonchev–Trinajstić information content (AvgIpc) is 3.08. The van der Waals surface area contributed by atoms with Crippen LogP contribution in [0.2, 0.25) is 0 Å². The molecule has 1 aromatic heterocycles. The maximum atomic E-state index is 13.4. The van der Waals surface area contributed by atoms with E-state index in [4.69, 9.17) is 5.73 Å². The number of carbonyl (C=O) groups excluding carboxylic acids is 1. The Morgan fingerprint density at radius 2 is 1.73 bits per heavy atom. The van der Waals surface area contributed by atoms with Crippen LogP contribution in [0.3, 0.4) is 0 Å². The summed E-state index contributed by atoms with van der Waals surface area (Å²) in [7, 11) is 0. The lowest BCUT2D eigenvalue weighted by Gasteiger charge is -2.28. The third-order valence-corrected chi connectivity index (χ3v) is 5.32. The number of hydrogen-bond acceptors (Lipinski definition) is 4. The first-order valence-corrected chi connectivity index (χ1v) is 9.49. The molecule has 1 atom stereocenters. The predicted molar refractivity (Wildman–Crippen MR) is 107 cm³/mol. The number of amides is 1. The smallest absolute Gasteiger partial charge is 0.274 e. The van der Waals surface area contributed by atoms with Crippen molar-refractivity contribution in [3.63, 3.8) is 0 Å². The molecule has 1 heterocycles. The predicted octanol–water partition coefficient (Wildman–Crippen LogP) is 4.11. The quantitative estimate of drug-likeness (QED) is 0.715. The lowest BCUT2D eigenvalue weighted by molar-refractivity contribution is 0.0677. The van der Waals surface area contributed by atoms with Crippen LogP contribution in [0.25, 0.3) is 10.4 Å². The third-order valence-electron chi connectivity index (χ3n) is 4.30. The van der Waals surface area contributed by atoms with Crippen LogP contribution in [0.5, 0.6) is 0 Å². The molecule has 0 bridgehead atoms. The number of nitrogens with two attached hydrogens (primary N) is 1. The number of aromatic nitrogens is 1. The van der Waals surface area contributed by atoms with Crippen molar-refractivity contribution in [2.24, 2.45) is 5.73 Å². The summed E-state index contributed by atoms with van der Waals surface area (Å²) in [4.78, 5) is 20.7. The van der Waals surface area contributed by atoms with Crippen molar-refractivity contribution >= 4 is 17.2 Å². The van der Waals surface area contributed by atoms with Gasteiger partial charge in [-0.05, 0) is 25.0 Å². The summed E-state index contributed by atoms with van der Waals surface area (Å²) in [5, 5.41) is 0.882. The topological polar surface area (TPSA) is 59.2 Å². The van der Waals surface area contributed by atoms with Gasteiger partial charge in [0.05, 0.1) is 9.88 Å². The fourth-order valence-electron chi connectivity index (χ4n) is 2.83. The van der Waals surface area contributed by atoms with E-state index in [0.717, 1.165) is 21.0 Å².